The van der Waals surface area contributed by atoms with Crippen molar-refractivity contribution in [3.05, 3.63) is 58.7 Å². The van der Waals surface area contributed by atoms with Gasteiger partial charge < -0.3 is 9.47 Å². The van der Waals surface area contributed by atoms with Gasteiger partial charge in [-0.1, -0.05) is 18.2 Å². The van der Waals surface area contributed by atoms with Crippen LogP contribution < -0.4 is 0 Å². The lowest BCUT2D eigenvalue weighted by Gasteiger charge is -2.22. The molecule has 0 fully saturated rings. The highest BCUT2D eigenvalue weighted by atomic mass is 19.4. The van der Waals surface area contributed by atoms with Crippen molar-refractivity contribution >= 4 is 11.9 Å². The molecule has 0 aliphatic heterocycles. The smallest absolute Gasteiger partial charge is 0.416 e. The molecule has 0 unspecified atom stereocenters. The second-order valence-corrected chi connectivity index (χ2v) is 7.20. The minimum absolute atomic E-state index is 0.0520. The molecule has 10 heteroatoms. The Morgan fingerprint density at radius 2 is 1.23 bits per heavy atom. The minimum Gasteiger partial charge on any atom is -0.468 e. The molecule has 3 rings (SSSR count). The van der Waals surface area contributed by atoms with Gasteiger partial charge in [-0.05, 0) is 53.3 Å². The number of fused-ring (bicyclic) bond motifs is 1. The summed E-state index contributed by atoms with van der Waals surface area (Å²) < 4.78 is 88.4. The Labute approximate surface area is 172 Å². The lowest BCUT2D eigenvalue weighted by molar-refractivity contribution is -0.168. The fourth-order valence-corrected chi connectivity index (χ4v) is 3.74. The summed E-state index contributed by atoms with van der Waals surface area (Å²) >= 11 is 0. The van der Waals surface area contributed by atoms with Gasteiger partial charge in [0.2, 0.25) is 0 Å². The maximum absolute atomic E-state index is 13.2. The van der Waals surface area contributed by atoms with Crippen LogP contribution in [0.5, 0.6) is 0 Å². The van der Waals surface area contributed by atoms with E-state index in [-0.39, 0.29) is 30.0 Å². The zero-order valence-corrected chi connectivity index (χ0v) is 16.3. The fraction of sp³-hybridized carbons (Fsp3) is 0.333. The summed E-state index contributed by atoms with van der Waals surface area (Å²) in [6.07, 6.45) is -10.2. The van der Waals surface area contributed by atoms with Crippen LogP contribution in [0.1, 0.15) is 22.3 Å². The third kappa shape index (κ3) is 4.11. The van der Waals surface area contributed by atoms with Gasteiger partial charge in [-0.15, -0.1) is 0 Å². The van der Waals surface area contributed by atoms with E-state index in [0.717, 1.165) is 14.2 Å². The highest BCUT2D eigenvalue weighted by Crippen LogP contribution is 2.42. The first kappa shape index (κ1) is 22.6. The summed E-state index contributed by atoms with van der Waals surface area (Å²) in [5, 5.41) is 0. The van der Waals surface area contributed by atoms with Gasteiger partial charge in [-0.2, -0.15) is 26.3 Å². The zero-order chi connectivity index (χ0) is 23.2. The van der Waals surface area contributed by atoms with Crippen LogP contribution in [-0.4, -0.2) is 26.2 Å². The van der Waals surface area contributed by atoms with E-state index >= 15 is 0 Å². The maximum Gasteiger partial charge on any atom is 0.416 e. The van der Waals surface area contributed by atoms with Crippen molar-refractivity contribution in [1.29, 1.82) is 0 Å². The van der Waals surface area contributed by atoms with Crippen molar-refractivity contribution in [3.8, 4) is 11.1 Å². The number of rotatable bonds is 3. The van der Waals surface area contributed by atoms with Crippen molar-refractivity contribution in [2.45, 2.75) is 25.2 Å². The number of benzene rings is 2. The molecule has 1 aliphatic rings. The Kier molecular flexibility index (Phi) is 5.54. The molecule has 4 nitrogen and oxygen atoms in total. The largest absolute Gasteiger partial charge is 0.468 e. The minimum atomic E-state index is -4.97. The molecular weight excluding hydrogens is 430 g/mol. The molecule has 31 heavy (non-hydrogen) atoms. The van der Waals surface area contributed by atoms with Crippen LogP contribution in [-0.2, 0) is 44.3 Å². The molecule has 0 aromatic heterocycles. The number of carbonyl (C=O) groups is 2. The van der Waals surface area contributed by atoms with Crippen molar-refractivity contribution in [2.24, 2.45) is 5.41 Å². The number of alkyl halides is 6. The third-order valence-corrected chi connectivity index (χ3v) is 5.26. The molecule has 0 amide bonds. The zero-order valence-electron chi connectivity index (χ0n) is 16.3. The fourth-order valence-electron chi connectivity index (χ4n) is 3.74. The third-order valence-electron chi connectivity index (χ3n) is 5.26. The van der Waals surface area contributed by atoms with Crippen molar-refractivity contribution < 1.29 is 45.4 Å². The van der Waals surface area contributed by atoms with E-state index in [1.54, 1.807) is 0 Å². The first-order chi connectivity index (χ1) is 14.3. The number of ether oxygens (including phenoxy) is 2. The maximum atomic E-state index is 13.2. The van der Waals surface area contributed by atoms with Crippen molar-refractivity contribution in [1.82, 2.24) is 0 Å². The van der Waals surface area contributed by atoms with E-state index in [4.69, 9.17) is 9.47 Å². The second-order valence-electron chi connectivity index (χ2n) is 7.20. The predicted molar refractivity (Wildman–Crippen MR) is 95.8 cm³/mol. The molecule has 0 saturated carbocycles. The molecule has 0 saturated heterocycles. The van der Waals surface area contributed by atoms with E-state index in [1.807, 2.05) is 0 Å². The molecule has 1 aliphatic carbocycles. The molecular formula is C21H16F6O4. The second kappa shape index (κ2) is 7.58. The Morgan fingerprint density at radius 1 is 0.742 bits per heavy atom. The number of hydrogen-bond acceptors (Lipinski definition) is 4. The standard InChI is InChI=1S/C21H16F6O4/c1-30-17(28)19(18(29)31-2)9-12-4-3-11(5-14(12)10-19)13-6-15(20(22,23)24)8-16(7-13)21(25,26)27/h3-8H,9-10H2,1-2H3. The monoisotopic (exact) mass is 446 g/mol. The summed E-state index contributed by atoms with van der Waals surface area (Å²) in [6.45, 7) is 0. The number of esters is 2. The Morgan fingerprint density at radius 3 is 1.68 bits per heavy atom. The highest BCUT2D eigenvalue weighted by molar-refractivity contribution is 6.01. The highest BCUT2D eigenvalue weighted by Gasteiger charge is 2.52. The van der Waals surface area contributed by atoms with Gasteiger partial charge in [0.15, 0.2) is 5.41 Å². The number of halogens is 6. The molecule has 0 atom stereocenters. The Bertz CT molecular complexity index is 991. The van der Waals surface area contributed by atoms with Crippen LogP contribution in [0.15, 0.2) is 36.4 Å². The van der Waals surface area contributed by atoms with Gasteiger partial charge >= 0.3 is 24.3 Å². The Balaban J connectivity index is 2.10. The van der Waals surface area contributed by atoms with E-state index in [9.17, 15) is 35.9 Å². The van der Waals surface area contributed by atoms with Gasteiger partial charge in [-0.25, -0.2) is 0 Å². The number of methoxy groups -OCH3 is 2. The summed E-state index contributed by atoms with van der Waals surface area (Å²) in [5.74, 6) is -1.67. The quantitative estimate of drug-likeness (QED) is 0.385. The van der Waals surface area contributed by atoms with Gasteiger partial charge in [0, 0.05) is 0 Å². The van der Waals surface area contributed by atoms with Crippen LogP contribution in [0.2, 0.25) is 0 Å². The van der Waals surface area contributed by atoms with Crippen LogP contribution in [0.25, 0.3) is 11.1 Å². The van der Waals surface area contributed by atoms with Gasteiger partial charge in [0.25, 0.3) is 0 Å². The average Bonchev–Trinajstić information content (AvgIpc) is 3.10. The molecule has 0 N–H and O–H groups in total. The summed E-state index contributed by atoms with van der Waals surface area (Å²) in [4.78, 5) is 24.6. The molecule has 166 valence electrons. The first-order valence-electron chi connectivity index (χ1n) is 8.90. The van der Waals surface area contributed by atoms with Crippen LogP contribution in [0, 0.1) is 5.41 Å². The van der Waals surface area contributed by atoms with Crippen LogP contribution in [0.3, 0.4) is 0 Å². The normalized spacial score (nSPS) is 15.4. The summed E-state index contributed by atoms with van der Waals surface area (Å²) in [5.41, 5.74) is -3.76. The molecule has 2 aromatic rings. The summed E-state index contributed by atoms with van der Waals surface area (Å²) in [7, 11) is 2.20. The topological polar surface area (TPSA) is 52.6 Å². The number of hydrogen-bond donors (Lipinski definition) is 0. The summed E-state index contributed by atoms with van der Waals surface area (Å²) in [6, 6.07) is 5.49. The van der Waals surface area contributed by atoms with E-state index < -0.39 is 40.8 Å². The van der Waals surface area contributed by atoms with Gasteiger partial charge in [0.05, 0.1) is 25.3 Å². The van der Waals surface area contributed by atoms with Gasteiger partial charge in [-0.3, -0.25) is 9.59 Å². The molecule has 0 bridgehead atoms. The van der Waals surface area contributed by atoms with Crippen LogP contribution >= 0.6 is 0 Å². The molecule has 0 spiro atoms. The SMILES string of the molecule is COC(=O)C1(C(=O)OC)Cc2ccc(-c3cc(C(F)(F)F)cc(C(F)(F)F)c3)cc2C1. The molecule has 0 heterocycles. The van der Waals surface area contributed by atoms with E-state index in [2.05, 4.69) is 0 Å². The molecule has 2 aromatic carbocycles. The predicted octanol–water partition coefficient (Wildman–Crippen LogP) is 4.82. The Hall–Kier alpha value is -3.04. The lowest BCUT2D eigenvalue weighted by Crippen LogP contribution is -2.42. The van der Waals surface area contributed by atoms with Crippen molar-refractivity contribution in [3.63, 3.8) is 0 Å². The lowest BCUT2D eigenvalue weighted by atomic mass is 9.85. The van der Waals surface area contributed by atoms with Crippen LogP contribution in [0.4, 0.5) is 26.3 Å². The first-order valence-corrected chi connectivity index (χ1v) is 8.90. The van der Waals surface area contributed by atoms with E-state index in [1.165, 1.54) is 18.2 Å². The van der Waals surface area contributed by atoms with Gasteiger partial charge in [0.1, 0.15) is 0 Å². The van der Waals surface area contributed by atoms with Crippen molar-refractivity contribution in [2.75, 3.05) is 14.2 Å². The molecule has 0 radical (unpaired) electrons. The van der Waals surface area contributed by atoms with E-state index in [0.29, 0.717) is 23.3 Å². The average molecular weight is 446 g/mol. The number of carbonyl (C=O) groups excluding carboxylic acids is 2.